The zero-order chi connectivity index (χ0) is 21.3. The number of ether oxygens (including phenoxy) is 2. The van der Waals surface area contributed by atoms with Crippen LogP contribution in [0.2, 0.25) is 0 Å². The summed E-state index contributed by atoms with van der Waals surface area (Å²) in [6.07, 6.45) is 1.75. The highest BCUT2D eigenvalue weighted by Gasteiger charge is 2.22. The number of amides is 1. The molecule has 1 aromatic carbocycles. The Morgan fingerprint density at radius 1 is 1.10 bits per heavy atom. The fourth-order valence-electron chi connectivity index (χ4n) is 3.57. The molecule has 7 heteroatoms. The molecule has 0 spiro atoms. The number of nitrogens with one attached hydrogen (secondary N) is 1. The van der Waals surface area contributed by atoms with Gasteiger partial charge in [-0.1, -0.05) is 0 Å². The zero-order valence-corrected chi connectivity index (χ0v) is 18.2. The van der Waals surface area contributed by atoms with Gasteiger partial charge in [0.05, 0.1) is 19.9 Å². The normalized spacial score (nSPS) is 10.9. The van der Waals surface area contributed by atoms with Crippen molar-refractivity contribution >= 4 is 27.5 Å². The molecule has 0 aliphatic rings. The standard InChI is InChI=1S/C23H23N3O3S/c1-14-7-8-15(2)26(14)20-18-6-5-11-24-23(18)30-21(20)22(27)25-13-16-9-10-17(28-3)12-19(16)29-4/h5-12H,13H2,1-4H3,(H,25,27). The summed E-state index contributed by atoms with van der Waals surface area (Å²) >= 11 is 1.40. The summed E-state index contributed by atoms with van der Waals surface area (Å²) < 4.78 is 12.8. The van der Waals surface area contributed by atoms with Gasteiger partial charge >= 0.3 is 0 Å². The van der Waals surface area contributed by atoms with Crippen molar-refractivity contribution < 1.29 is 14.3 Å². The molecule has 0 atom stereocenters. The number of aryl methyl sites for hydroxylation is 2. The number of methoxy groups -OCH3 is 2. The van der Waals surface area contributed by atoms with Crippen molar-refractivity contribution in [2.45, 2.75) is 20.4 Å². The second-order valence-electron chi connectivity index (χ2n) is 6.95. The van der Waals surface area contributed by atoms with E-state index in [2.05, 4.69) is 27.0 Å². The lowest BCUT2D eigenvalue weighted by Crippen LogP contribution is -2.23. The molecule has 1 N–H and O–H groups in total. The molecule has 0 aliphatic carbocycles. The molecule has 0 fully saturated rings. The maximum atomic E-state index is 13.2. The van der Waals surface area contributed by atoms with Crippen molar-refractivity contribution in [3.8, 4) is 17.2 Å². The number of fused-ring (bicyclic) bond motifs is 1. The third-order valence-corrected chi connectivity index (χ3v) is 6.18. The van der Waals surface area contributed by atoms with Crippen molar-refractivity contribution in [2.24, 2.45) is 0 Å². The van der Waals surface area contributed by atoms with Gasteiger partial charge in [-0.3, -0.25) is 4.79 Å². The SMILES string of the molecule is COc1ccc(CNC(=O)c2sc3ncccc3c2-n2c(C)ccc2C)c(OC)c1. The van der Waals surface area contributed by atoms with Crippen LogP contribution in [0.25, 0.3) is 15.9 Å². The summed E-state index contributed by atoms with van der Waals surface area (Å²) in [5, 5.41) is 4.01. The molecule has 0 radical (unpaired) electrons. The molecule has 0 bridgehead atoms. The summed E-state index contributed by atoms with van der Waals surface area (Å²) in [4.78, 5) is 19.2. The van der Waals surface area contributed by atoms with Crippen LogP contribution in [0.3, 0.4) is 0 Å². The first-order valence-electron chi connectivity index (χ1n) is 9.55. The van der Waals surface area contributed by atoms with Crippen molar-refractivity contribution in [1.29, 1.82) is 0 Å². The molecule has 3 aromatic heterocycles. The highest BCUT2D eigenvalue weighted by molar-refractivity contribution is 7.21. The van der Waals surface area contributed by atoms with Crippen LogP contribution in [-0.2, 0) is 6.54 Å². The highest BCUT2D eigenvalue weighted by atomic mass is 32.1. The first kappa shape index (κ1) is 20.0. The van der Waals surface area contributed by atoms with E-state index in [4.69, 9.17) is 9.47 Å². The van der Waals surface area contributed by atoms with Gasteiger partial charge in [0.25, 0.3) is 5.91 Å². The fraction of sp³-hybridized carbons (Fsp3) is 0.217. The maximum Gasteiger partial charge on any atom is 0.263 e. The Balaban J connectivity index is 1.70. The van der Waals surface area contributed by atoms with Crippen molar-refractivity contribution in [1.82, 2.24) is 14.9 Å². The monoisotopic (exact) mass is 421 g/mol. The molecule has 0 aliphatic heterocycles. The van der Waals surface area contributed by atoms with Crippen LogP contribution in [0.1, 0.15) is 26.6 Å². The van der Waals surface area contributed by atoms with Gasteiger partial charge in [-0.05, 0) is 50.2 Å². The van der Waals surface area contributed by atoms with Gasteiger partial charge in [0.2, 0.25) is 0 Å². The summed E-state index contributed by atoms with van der Waals surface area (Å²) in [5.74, 6) is 1.24. The highest BCUT2D eigenvalue weighted by Crippen LogP contribution is 2.35. The van der Waals surface area contributed by atoms with Gasteiger partial charge in [-0.25, -0.2) is 4.98 Å². The summed E-state index contributed by atoms with van der Waals surface area (Å²) in [7, 11) is 3.21. The van der Waals surface area contributed by atoms with Crippen LogP contribution in [-0.4, -0.2) is 29.7 Å². The van der Waals surface area contributed by atoms with Crippen LogP contribution in [0.5, 0.6) is 11.5 Å². The second-order valence-corrected chi connectivity index (χ2v) is 7.95. The molecule has 30 heavy (non-hydrogen) atoms. The number of aromatic nitrogens is 2. The van der Waals surface area contributed by atoms with E-state index in [9.17, 15) is 4.79 Å². The van der Waals surface area contributed by atoms with Gasteiger partial charge in [-0.2, -0.15) is 0 Å². The minimum absolute atomic E-state index is 0.140. The third kappa shape index (κ3) is 3.52. The van der Waals surface area contributed by atoms with E-state index in [-0.39, 0.29) is 5.91 Å². The number of benzene rings is 1. The molecule has 154 valence electrons. The largest absolute Gasteiger partial charge is 0.497 e. The third-order valence-electron chi connectivity index (χ3n) is 5.07. The maximum absolute atomic E-state index is 13.2. The first-order chi connectivity index (χ1) is 14.5. The number of rotatable bonds is 6. The number of nitrogens with zero attached hydrogens (tertiary/aromatic N) is 2. The first-order valence-corrected chi connectivity index (χ1v) is 10.4. The topological polar surface area (TPSA) is 65.4 Å². The Bertz CT molecular complexity index is 1210. The lowest BCUT2D eigenvalue weighted by atomic mass is 10.2. The van der Waals surface area contributed by atoms with Gasteiger partial charge < -0.3 is 19.4 Å². The Hall–Kier alpha value is -3.32. The minimum atomic E-state index is -0.140. The van der Waals surface area contributed by atoms with Crippen molar-refractivity contribution in [3.05, 3.63) is 70.5 Å². The lowest BCUT2D eigenvalue weighted by molar-refractivity contribution is 0.0955. The Labute approximate surface area is 179 Å². The van der Waals surface area contributed by atoms with Crippen LogP contribution in [0.15, 0.2) is 48.7 Å². The number of thiophene rings is 1. The van der Waals surface area contributed by atoms with Crippen LogP contribution in [0, 0.1) is 13.8 Å². The predicted molar refractivity (Wildman–Crippen MR) is 119 cm³/mol. The van der Waals surface area contributed by atoms with Crippen molar-refractivity contribution in [3.63, 3.8) is 0 Å². The Kier molecular flexibility index (Phi) is 5.46. The molecule has 0 unspecified atom stereocenters. The Morgan fingerprint density at radius 3 is 2.57 bits per heavy atom. The molecule has 3 heterocycles. The van der Waals surface area contributed by atoms with E-state index in [1.165, 1.54) is 11.3 Å². The number of hydrogen-bond acceptors (Lipinski definition) is 5. The van der Waals surface area contributed by atoms with Gasteiger partial charge in [-0.15, -0.1) is 11.3 Å². The van der Waals surface area contributed by atoms with E-state index in [1.807, 2.05) is 44.2 Å². The minimum Gasteiger partial charge on any atom is -0.497 e. The number of pyridine rings is 1. The summed E-state index contributed by atoms with van der Waals surface area (Å²) in [6.45, 7) is 4.42. The van der Waals surface area contributed by atoms with E-state index in [0.29, 0.717) is 22.9 Å². The molecular weight excluding hydrogens is 398 g/mol. The smallest absolute Gasteiger partial charge is 0.263 e. The predicted octanol–water partition coefficient (Wildman–Crippen LogP) is 4.65. The lowest BCUT2D eigenvalue weighted by Gasteiger charge is -2.13. The number of carbonyl (C=O) groups excluding carboxylic acids is 1. The Morgan fingerprint density at radius 2 is 1.87 bits per heavy atom. The summed E-state index contributed by atoms with van der Waals surface area (Å²) in [5.41, 5.74) is 3.90. The van der Waals surface area contributed by atoms with E-state index < -0.39 is 0 Å². The molecule has 0 saturated carbocycles. The van der Waals surface area contributed by atoms with E-state index in [1.54, 1.807) is 20.4 Å². The second kappa shape index (κ2) is 8.20. The molecule has 0 saturated heterocycles. The van der Waals surface area contributed by atoms with Crippen molar-refractivity contribution in [2.75, 3.05) is 14.2 Å². The van der Waals surface area contributed by atoms with Crippen LogP contribution < -0.4 is 14.8 Å². The van der Waals surface area contributed by atoms with E-state index >= 15 is 0 Å². The molecule has 4 aromatic rings. The average Bonchev–Trinajstić information content (AvgIpc) is 3.30. The number of carbonyl (C=O) groups is 1. The van der Waals surface area contributed by atoms with Gasteiger partial charge in [0, 0.05) is 41.1 Å². The van der Waals surface area contributed by atoms with Gasteiger partial charge in [0.1, 0.15) is 21.2 Å². The fourth-order valence-corrected chi connectivity index (χ4v) is 4.61. The molecular formula is C23H23N3O3S. The molecule has 4 rings (SSSR count). The number of hydrogen-bond donors (Lipinski definition) is 1. The quantitative estimate of drug-likeness (QED) is 0.492. The molecule has 6 nitrogen and oxygen atoms in total. The summed E-state index contributed by atoms with van der Waals surface area (Å²) in [6, 6.07) is 13.6. The average molecular weight is 422 g/mol. The zero-order valence-electron chi connectivity index (χ0n) is 17.4. The van der Waals surface area contributed by atoms with Gasteiger partial charge in [0.15, 0.2) is 0 Å². The molecule has 1 amide bonds. The van der Waals surface area contributed by atoms with Crippen LogP contribution >= 0.6 is 11.3 Å². The van der Waals surface area contributed by atoms with E-state index in [0.717, 1.165) is 32.9 Å². The van der Waals surface area contributed by atoms with Crippen LogP contribution in [0.4, 0.5) is 0 Å².